The Balaban J connectivity index is 1.21. The summed E-state index contributed by atoms with van der Waals surface area (Å²) < 4.78 is 11.2. The summed E-state index contributed by atoms with van der Waals surface area (Å²) in [6, 6.07) is 10.3. The molecule has 6 heteroatoms. The first kappa shape index (κ1) is 21.6. The van der Waals surface area contributed by atoms with Gasteiger partial charge in [-0.25, -0.2) is 0 Å². The number of aliphatic hydroxyl groups excluding tert-OH is 1. The molecular weight excluding hydrogens is 380 g/mol. The Hall–Kier alpha value is -1.63. The van der Waals surface area contributed by atoms with Crippen LogP contribution in [0.1, 0.15) is 44.9 Å². The van der Waals surface area contributed by atoms with E-state index in [1.165, 1.54) is 0 Å². The third-order valence-electron chi connectivity index (χ3n) is 7.08. The van der Waals surface area contributed by atoms with Crippen molar-refractivity contribution in [3.05, 3.63) is 30.3 Å². The van der Waals surface area contributed by atoms with Crippen LogP contribution in [0.4, 0.5) is 0 Å². The number of ether oxygens (including phenoxy) is 2. The highest BCUT2D eigenvalue weighted by molar-refractivity contribution is 5.76. The van der Waals surface area contributed by atoms with Crippen molar-refractivity contribution in [2.75, 3.05) is 46.0 Å². The van der Waals surface area contributed by atoms with Gasteiger partial charge in [0, 0.05) is 51.9 Å². The van der Waals surface area contributed by atoms with E-state index in [1.54, 1.807) is 0 Å². The zero-order valence-corrected chi connectivity index (χ0v) is 18.0. The van der Waals surface area contributed by atoms with Crippen LogP contribution in [0.2, 0.25) is 0 Å². The summed E-state index contributed by atoms with van der Waals surface area (Å²) in [5.41, 5.74) is 0.156. The Kier molecular flexibility index (Phi) is 7.28. The Morgan fingerprint density at radius 1 is 1.17 bits per heavy atom. The van der Waals surface area contributed by atoms with Gasteiger partial charge in [0.15, 0.2) is 0 Å². The van der Waals surface area contributed by atoms with Gasteiger partial charge < -0.3 is 19.5 Å². The van der Waals surface area contributed by atoms with Crippen molar-refractivity contribution in [2.45, 2.75) is 57.1 Å². The number of likely N-dealkylation sites (tertiary alicyclic amines) is 2. The number of carbonyl (C=O) groups is 1. The van der Waals surface area contributed by atoms with E-state index in [0.29, 0.717) is 19.1 Å². The highest BCUT2D eigenvalue weighted by Gasteiger charge is 2.43. The predicted octanol–water partition coefficient (Wildman–Crippen LogP) is 2.70. The molecule has 6 nitrogen and oxygen atoms in total. The van der Waals surface area contributed by atoms with Crippen LogP contribution in [0, 0.1) is 5.41 Å². The van der Waals surface area contributed by atoms with Gasteiger partial charge in [-0.2, -0.15) is 0 Å². The first-order chi connectivity index (χ1) is 14.6. The number of rotatable bonds is 6. The minimum atomic E-state index is -0.251. The molecule has 0 saturated carbocycles. The number of β-amino-alcohol motifs (C(OH)–C–C–N with tert-alkyl or cyclic N) is 1. The zero-order valence-electron chi connectivity index (χ0n) is 18.0. The molecule has 4 rings (SSSR count). The van der Waals surface area contributed by atoms with Crippen molar-refractivity contribution in [1.29, 1.82) is 0 Å². The summed E-state index contributed by atoms with van der Waals surface area (Å²) in [7, 11) is 0. The van der Waals surface area contributed by atoms with E-state index in [4.69, 9.17) is 9.47 Å². The maximum atomic E-state index is 12.7. The molecular formula is C24H36N2O4. The van der Waals surface area contributed by atoms with E-state index in [-0.39, 0.29) is 17.4 Å². The molecule has 3 aliphatic heterocycles. The zero-order chi connectivity index (χ0) is 20.8. The maximum absolute atomic E-state index is 12.7. The van der Waals surface area contributed by atoms with Crippen LogP contribution in [0.25, 0.3) is 0 Å². The smallest absolute Gasteiger partial charge is 0.222 e. The van der Waals surface area contributed by atoms with Crippen molar-refractivity contribution in [2.24, 2.45) is 5.41 Å². The molecule has 0 bridgehead atoms. The van der Waals surface area contributed by atoms with Crippen molar-refractivity contribution < 1.29 is 19.4 Å². The van der Waals surface area contributed by atoms with Gasteiger partial charge in [-0.1, -0.05) is 18.2 Å². The highest BCUT2D eigenvalue weighted by Crippen LogP contribution is 2.41. The molecule has 1 amide bonds. The normalized spacial score (nSPS) is 25.4. The maximum Gasteiger partial charge on any atom is 0.222 e. The molecule has 3 heterocycles. The second-order valence-electron chi connectivity index (χ2n) is 9.28. The van der Waals surface area contributed by atoms with Gasteiger partial charge >= 0.3 is 0 Å². The summed E-state index contributed by atoms with van der Waals surface area (Å²) in [6.07, 6.45) is 6.03. The standard InChI is InChI=1S/C24H36N2O4/c27-21-17-24(19-26(18-21)20-8-15-29-16-9-20)10-12-25(13-11-24)23(28)7-4-14-30-22-5-2-1-3-6-22/h1-3,5-6,20-21,27H,4,7-19H2. The second-order valence-corrected chi connectivity index (χ2v) is 9.28. The Morgan fingerprint density at radius 3 is 2.63 bits per heavy atom. The van der Waals surface area contributed by atoms with Gasteiger partial charge in [0.2, 0.25) is 5.91 Å². The number of hydrogen-bond donors (Lipinski definition) is 1. The average molecular weight is 417 g/mol. The third kappa shape index (κ3) is 5.54. The fourth-order valence-electron chi connectivity index (χ4n) is 5.40. The lowest BCUT2D eigenvalue weighted by atomic mass is 9.71. The van der Waals surface area contributed by atoms with Crippen molar-refractivity contribution in [3.63, 3.8) is 0 Å². The van der Waals surface area contributed by atoms with E-state index in [1.807, 2.05) is 35.2 Å². The molecule has 1 N–H and O–H groups in total. The Morgan fingerprint density at radius 2 is 1.90 bits per heavy atom. The van der Waals surface area contributed by atoms with Gasteiger partial charge in [0.05, 0.1) is 12.7 Å². The molecule has 30 heavy (non-hydrogen) atoms. The first-order valence-corrected chi connectivity index (χ1v) is 11.6. The van der Waals surface area contributed by atoms with Crippen molar-refractivity contribution in [1.82, 2.24) is 9.80 Å². The Bertz CT molecular complexity index is 669. The lowest BCUT2D eigenvalue weighted by molar-refractivity contribution is -0.136. The molecule has 3 fully saturated rings. The fourth-order valence-corrected chi connectivity index (χ4v) is 5.40. The average Bonchev–Trinajstić information content (AvgIpc) is 2.78. The number of aliphatic hydroxyl groups is 1. The lowest BCUT2D eigenvalue weighted by Gasteiger charge is -2.51. The van der Waals surface area contributed by atoms with E-state index in [0.717, 1.165) is 83.7 Å². The lowest BCUT2D eigenvalue weighted by Crippen LogP contribution is -2.57. The topological polar surface area (TPSA) is 62.2 Å². The molecule has 1 aromatic rings. The third-order valence-corrected chi connectivity index (χ3v) is 7.08. The number of amides is 1. The minimum absolute atomic E-state index is 0.156. The molecule has 1 unspecified atom stereocenters. The molecule has 1 aromatic carbocycles. The first-order valence-electron chi connectivity index (χ1n) is 11.6. The molecule has 0 radical (unpaired) electrons. The van der Waals surface area contributed by atoms with Crippen LogP contribution >= 0.6 is 0 Å². The van der Waals surface area contributed by atoms with Crippen molar-refractivity contribution >= 4 is 5.91 Å². The molecule has 0 aliphatic carbocycles. The number of piperidine rings is 2. The highest BCUT2D eigenvalue weighted by atomic mass is 16.5. The van der Waals surface area contributed by atoms with Gasteiger partial charge in [0.1, 0.15) is 5.75 Å². The van der Waals surface area contributed by atoms with Crippen LogP contribution in [-0.4, -0.2) is 79.0 Å². The van der Waals surface area contributed by atoms with Gasteiger partial charge in [-0.15, -0.1) is 0 Å². The number of carbonyl (C=O) groups excluding carboxylic acids is 1. The van der Waals surface area contributed by atoms with Gasteiger partial charge in [-0.3, -0.25) is 9.69 Å². The van der Waals surface area contributed by atoms with Crippen LogP contribution in [0.3, 0.4) is 0 Å². The molecule has 3 aliphatic rings. The molecule has 1 atom stereocenters. The Labute approximate surface area is 180 Å². The van der Waals surface area contributed by atoms with Crippen LogP contribution < -0.4 is 4.74 Å². The largest absolute Gasteiger partial charge is 0.494 e. The summed E-state index contributed by atoms with van der Waals surface area (Å²) in [6.45, 7) is 5.71. The number of para-hydroxylation sites is 1. The number of hydrogen-bond acceptors (Lipinski definition) is 5. The van der Waals surface area contributed by atoms with Gasteiger partial charge in [-0.05, 0) is 56.1 Å². The van der Waals surface area contributed by atoms with Crippen LogP contribution in [0.15, 0.2) is 30.3 Å². The predicted molar refractivity (Wildman–Crippen MR) is 115 cm³/mol. The SMILES string of the molecule is O=C(CCCOc1ccccc1)N1CCC2(CC1)CC(O)CN(C1CCOCC1)C2. The summed E-state index contributed by atoms with van der Waals surface area (Å²) in [4.78, 5) is 17.2. The van der Waals surface area contributed by atoms with E-state index < -0.39 is 0 Å². The minimum Gasteiger partial charge on any atom is -0.494 e. The molecule has 0 aromatic heterocycles. The fraction of sp³-hybridized carbons (Fsp3) is 0.708. The monoisotopic (exact) mass is 416 g/mol. The molecule has 3 saturated heterocycles. The quantitative estimate of drug-likeness (QED) is 0.723. The molecule has 166 valence electrons. The second kappa shape index (κ2) is 10.1. The van der Waals surface area contributed by atoms with Crippen molar-refractivity contribution in [3.8, 4) is 5.75 Å². The molecule has 1 spiro atoms. The van der Waals surface area contributed by atoms with Crippen LogP contribution in [-0.2, 0) is 9.53 Å². The van der Waals surface area contributed by atoms with E-state index in [2.05, 4.69) is 4.90 Å². The van der Waals surface area contributed by atoms with E-state index >= 15 is 0 Å². The number of nitrogens with zero attached hydrogens (tertiary/aromatic N) is 2. The van der Waals surface area contributed by atoms with Gasteiger partial charge in [0.25, 0.3) is 0 Å². The summed E-state index contributed by atoms with van der Waals surface area (Å²) in [5.74, 6) is 1.09. The number of benzene rings is 1. The summed E-state index contributed by atoms with van der Waals surface area (Å²) in [5, 5.41) is 10.6. The van der Waals surface area contributed by atoms with E-state index in [9.17, 15) is 9.90 Å². The summed E-state index contributed by atoms with van der Waals surface area (Å²) >= 11 is 0. The van der Waals surface area contributed by atoms with Crippen LogP contribution in [0.5, 0.6) is 5.75 Å².